The maximum Gasteiger partial charge on any atom is 0.142 e. The first-order valence-electron chi connectivity index (χ1n) is 12.3. The molecule has 0 aliphatic heterocycles. The summed E-state index contributed by atoms with van der Waals surface area (Å²) in [6, 6.07) is 23.7. The molecule has 0 fully saturated rings. The second-order valence-electron chi connectivity index (χ2n) is 8.45. The third kappa shape index (κ3) is 9.47. The van der Waals surface area contributed by atoms with Gasteiger partial charge in [-0.05, 0) is 98.3 Å². The zero-order chi connectivity index (χ0) is 28.0. The Labute approximate surface area is 249 Å². The molecule has 8 heteroatoms. The van der Waals surface area contributed by atoms with E-state index in [-0.39, 0.29) is 13.5 Å². The predicted octanol–water partition coefficient (Wildman–Crippen LogP) is 8.72. The Morgan fingerprint density at radius 1 is 0.925 bits per heavy atom. The molecule has 206 valence electrons. The molecule has 3 N–H and O–H groups in total. The van der Waals surface area contributed by atoms with Gasteiger partial charge in [0.2, 0.25) is 0 Å². The Kier molecular flexibility index (Phi) is 13.3. The number of hydrogen-bond donors (Lipinski definition) is 3. The molecule has 6 nitrogen and oxygen atoms in total. The molecule has 0 radical (unpaired) electrons. The van der Waals surface area contributed by atoms with Gasteiger partial charge in [-0.25, -0.2) is 0 Å². The first-order valence-corrected chi connectivity index (χ1v) is 13.0. The number of nitriles is 1. The smallest absolute Gasteiger partial charge is 0.142 e. The van der Waals surface area contributed by atoms with Gasteiger partial charge < -0.3 is 10.6 Å². The van der Waals surface area contributed by atoms with Gasteiger partial charge in [-0.1, -0.05) is 37.5 Å². The molecule has 0 aliphatic rings. The average Bonchev–Trinajstić information content (AvgIpc) is 2.94. The SMILES string of the molecule is C=C/C=C(\C=C/C)Nc1ccc(NOSN(C)c2ccc(N/C(=C/C=C)c3cc(C#N)ccc3C)cc2)cc1.S. The molecular weight excluding hydrogens is 535 g/mol. The summed E-state index contributed by atoms with van der Waals surface area (Å²) in [7, 11) is 1.93. The normalized spacial score (nSPS) is 11.2. The van der Waals surface area contributed by atoms with E-state index in [0.29, 0.717) is 5.56 Å². The van der Waals surface area contributed by atoms with Crippen molar-refractivity contribution in [1.29, 1.82) is 5.26 Å². The summed E-state index contributed by atoms with van der Waals surface area (Å²) in [6.45, 7) is 11.6. The minimum atomic E-state index is 0. The molecule has 3 rings (SSSR count). The van der Waals surface area contributed by atoms with Crippen LogP contribution in [0.3, 0.4) is 0 Å². The zero-order valence-electron chi connectivity index (χ0n) is 22.9. The predicted molar refractivity (Wildman–Crippen MR) is 178 cm³/mol. The van der Waals surface area contributed by atoms with Crippen molar-refractivity contribution in [3.05, 3.63) is 139 Å². The van der Waals surface area contributed by atoms with Crippen LogP contribution in [0.15, 0.2) is 122 Å². The van der Waals surface area contributed by atoms with Crippen LogP contribution in [-0.4, -0.2) is 7.05 Å². The lowest BCUT2D eigenvalue weighted by Gasteiger charge is -2.18. The van der Waals surface area contributed by atoms with Crippen LogP contribution in [0.5, 0.6) is 0 Å². The lowest BCUT2D eigenvalue weighted by molar-refractivity contribution is 0.476. The zero-order valence-corrected chi connectivity index (χ0v) is 24.8. The Hall–Kier alpha value is -4.29. The van der Waals surface area contributed by atoms with Gasteiger partial charge in [0.25, 0.3) is 0 Å². The summed E-state index contributed by atoms with van der Waals surface area (Å²) >= 11 is 1.18. The van der Waals surface area contributed by atoms with Crippen LogP contribution < -0.4 is 20.4 Å². The van der Waals surface area contributed by atoms with Gasteiger partial charge in [0.1, 0.15) is 12.2 Å². The Morgan fingerprint density at radius 2 is 1.55 bits per heavy atom. The molecule has 0 aromatic heterocycles. The van der Waals surface area contributed by atoms with Crippen molar-refractivity contribution >= 4 is 54.2 Å². The summed E-state index contributed by atoms with van der Waals surface area (Å²) in [5, 5.41) is 16.1. The minimum absolute atomic E-state index is 0. The van der Waals surface area contributed by atoms with Crippen molar-refractivity contribution < 1.29 is 4.28 Å². The van der Waals surface area contributed by atoms with Crippen LogP contribution in [-0.2, 0) is 4.28 Å². The molecule has 0 atom stereocenters. The van der Waals surface area contributed by atoms with Crippen molar-refractivity contribution in [3.63, 3.8) is 0 Å². The van der Waals surface area contributed by atoms with Crippen LogP contribution in [0.4, 0.5) is 22.7 Å². The van der Waals surface area contributed by atoms with Gasteiger partial charge in [-0.3, -0.25) is 9.79 Å². The molecule has 3 aromatic carbocycles. The van der Waals surface area contributed by atoms with Gasteiger partial charge in [0, 0.05) is 41.1 Å². The third-order valence-corrected chi connectivity index (χ3v) is 6.17. The van der Waals surface area contributed by atoms with E-state index in [9.17, 15) is 5.26 Å². The molecule has 0 amide bonds. The molecule has 0 saturated carbocycles. The fourth-order valence-electron chi connectivity index (χ4n) is 3.61. The van der Waals surface area contributed by atoms with Crippen LogP contribution in [0.2, 0.25) is 0 Å². The van der Waals surface area contributed by atoms with E-state index in [2.05, 4.69) is 35.3 Å². The highest BCUT2D eigenvalue weighted by Gasteiger charge is 2.08. The number of nitrogens with zero attached hydrogens (tertiary/aromatic N) is 2. The second-order valence-corrected chi connectivity index (χ2v) is 9.31. The van der Waals surface area contributed by atoms with E-state index in [1.165, 1.54) is 12.2 Å². The molecule has 0 saturated heterocycles. The number of aryl methyl sites for hydroxylation is 1. The van der Waals surface area contributed by atoms with E-state index in [4.69, 9.17) is 4.28 Å². The fraction of sp³-hybridized carbons (Fsp3) is 0.0938. The van der Waals surface area contributed by atoms with Crippen LogP contribution in [0.1, 0.15) is 23.6 Å². The topological polar surface area (TPSA) is 72.3 Å². The fourth-order valence-corrected chi connectivity index (χ4v) is 4.06. The molecule has 0 heterocycles. The number of benzene rings is 3. The van der Waals surface area contributed by atoms with Crippen molar-refractivity contribution in [2.24, 2.45) is 0 Å². The van der Waals surface area contributed by atoms with Gasteiger partial charge in [-0.15, -0.1) is 0 Å². The van der Waals surface area contributed by atoms with Crippen molar-refractivity contribution in [1.82, 2.24) is 0 Å². The number of anilines is 4. The highest BCUT2D eigenvalue weighted by atomic mass is 32.2. The first kappa shape index (κ1) is 31.9. The van der Waals surface area contributed by atoms with E-state index < -0.39 is 0 Å². The van der Waals surface area contributed by atoms with Crippen molar-refractivity contribution in [2.75, 3.05) is 27.5 Å². The Balaban J connectivity index is 0.00000560. The monoisotopic (exact) mass is 569 g/mol. The Bertz CT molecular complexity index is 1400. The maximum absolute atomic E-state index is 9.30. The standard InChI is InChI=1S/C32H33N5OS.H2S/c1-6-9-26(10-7-2)34-27-14-16-29(17-15-27)36-38-39-37(5)30-20-18-28(19-21-30)35-32(11-8-3)31-22-25(23-33)13-12-24(31)4;/h6-22,34-36H,1,3H2,2,4-5H3;1H2/b10-7-,26-9+,32-11+;. The maximum atomic E-state index is 9.30. The lowest BCUT2D eigenvalue weighted by Crippen LogP contribution is -2.09. The molecule has 0 aliphatic carbocycles. The van der Waals surface area contributed by atoms with E-state index in [1.54, 1.807) is 12.2 Å². The van der Waals surface area contributed by atoms with Gasteiger partial charge >= 0.3 is 0 Å². The number of allylic oxidation sites excluding steroid dienone is 6. The van der Waals surface area contributed by atoms with Gasteiger partial charge in [0.05, 0.1) is 17.3 Å². The van der Waals surface area contributed by atoms with E-state index >= 15 is 0 Å². The van der Waals surface area contributed by atoms with E-state index in [1.807, 2.05) is 116 Å². The van der Waals surface area contributed by atoms with Gasteiger partial charge in [-0.2, -0.15) is 23.0 Å². The molecular formula is C32H35N5OS2. The highest BCUT2D eigenvalue weighted by Crippen LogP contribution is 2.27. The first-order chi connectivity index (χ1) is 19.0. The van der Waals surface area contributed by atoms with Gasteiger partial charge in [0.15, 0.2) is 0 Å². The third-order valence-electron chi connectivity index (χ3n) is 5.58. The molecule has 3 aromatic rings. The summed E-state index contributed by atoms with van der Waals surface area (Å²) in [5.41, 5.74) is 11.1. The summed E-state index contributed by atoms with van der Waals surface area (Å²) in [6.07, 6.45) is 11.3. The summed E-state index contributed by atoms with van der Waals surface area (Å²) in [4.78, 5) is 0. The molecule has 0 bridgehead atoms. The number of rotatable bonds is 13. The van der Waals surface area contributed by atoms with E-state index in [0.717, 1.165) is 45.3 Å². The van der Waals surface area contributed by atoms with Crippen LogP contribution >= 0.6 is 25.7 Å². The molecule has 0 spiro atoms. The summed E-state index contributed by atoms with van der Waals surface area (Å²) in [5.74, 6) is 0. The summed E-state index contributed by atoms with van der Waals surface area (Å²) < 4.78 is 7.54. The largest absolute Gasteiger partial charge is 0.356 e. The second kappa shape index (κ2) is 16.6. The molecule has 40 heavy (non-hydrogen) atoms. The Morgan fingerprint density at radius 3 is 2.17 bits per heavy atom. The number of nitrogens with one attached hydrogen (secondary N) is 3. The van der Waals surface area contributed by atoms with Crippen molar-refractivity contribution in [3.8, 4) is 6.07 Å². The highest BCUT2D eigenvalue weighted by molar-refractivity contribution is 7.96. The average molecular weight is 570 g/mol. The van der Waals surface area contributed by atoms with Crippen LogP contribution in [0, 0.1) is 18.3 Å². The minimum Gasteiger partial charge on any atom is -0.356 e. The van der Waals surface area contributed by atoms with Crippen LogP contribution in [0.25, 0.3) is 5.70 Å². The molecule has 0 unspecified atom stereocenters. The quantitative estimate of drug-likeness (QED) is 0.0823. The lowest BCUT2D eigenvalue weighted by atomic mass is 10.0. The van der Waals surface area contributed by atoms with Crippen molar-refractivity contribution in [2.45, 2.75) is 13.8 Å². The number of hydrogen-bond acceptors (Lipinski definition) is 7.